The van der Waals surface area contributed by atoms with E-state index >= 15 is 0 Å². The Balaban J connectivity index is -0.00000291. The second-order valence-corrected chi connectivity index (χ2v) is 20.4. The first-order valence-corrected chi connectivity index (χ1v) is 31.4. The number of unbranched alkanes of at least 4 members (excludes halogenated alkanes) is 13. The van der Waals surface area contributed by atoms with Crippen molar-refractivity contribution in [3.63, 3.8) is 0 Å². The van der Waals surface area contributed by atoms with Gasteiger partial charge in [0.2, 0.25) is 0 Å². The van der Waals surface area contributed by atoms with Gasteiger partial charge in [0.15, 0.2) is 12.6 Å². The van der Waals surface area contributed by atoms with Gasteiger partial charge in [0.1, 0.15) is 6.10 Å². The van der Waals surface area contributed by atoms with E-state index in [1.165, 1.54) is 25.7 Å². The van der Waals surface area contributed by atoms with Crippen LogP contribution in [0.4, 0.5) is 0 Å². The molecule has 14 heteroatoms. The number of nitrogens with zero attached hydrogens (tertiary/aromatic N) is 2. The zero-order chi connectivity index (χ0) is 57.6. The molecule has 0 heterocycles. The second-order valence-electron chi connectivity index (χ2n) is 19.9. The number of rotatable bonds is 49. The molecule has 0 saturated carbocycles. The number of carbonyl (C=O) groups is 3. The second kappa shape index (κ2) is 66.7. The zero-order valence-electron chi connectivity index (χ0n) is 51.5. The molecule has 1 unspecified atom stereocenters. The average molecular weight is 1200 g/mol. The standard InChI is InChI=1S/C52H87N2O8.C13H26O2S.Y/c1-7-11-15-19-23-31-42-57-51(58-43-32-24-20-16-12-8-2)38-29-27-36-49(55)61-46-48(53-40-35-41-54(5)6)47-62-50(56)37-28-30-39-52(59-44-33-25-21-17-13-9-3)60-45-34-26-22-18-14-10-4;1-3-5-6-7-9-12(8-4-2)15-13(14)10-11-16;/h48,51-52H,7-18,27-47H2,1-6H3;12,16H,3-11H2,1-2H3;/q-1;;/p-1. The fraction of sp³-hybridized carbons (Fsp3) is 0.831. The van der Waals surface area contributed by atoms with E-state index < -0.39 is 6.04 Å². The predicted molar refractivity (Wildman–Crippen MR) is 323 cm³/mol. The molecule has 0 aliphatic carbocycles. The first-order chi connectivity index (χ1) is 38.1. The third-order valence-electron chi connectivity index (χ3n) is 12.0. The van der Waals surface area contributed by atoms with E-state index in [2.05, 4.69) is 93.8 Å². The van der Waals surface area contributed by atoms with Crippen LogP contribution in [0.15, 0.2) is 0 Å². The molecule has 0 spiro atoms. The Kier molecular flexibility index (Phi) is 68.4. The molecular formula is C65H112N2O10SY-2. The number of carbonyl (C=O) groups excluding carboxylic acids is 3. The summed E-state index contributed by atoms with van der Waals surface area (Å²) in [4.78, 5) is 39.0. The first kappa shape index (κ1) is 81.1. The van der Waals surface area contributed by atoms with Crippen LogP contribution in [0, 0.1) is 47.4 Å². The van der Waals surface area contributed by atoms with Crippen molar-refractivity contribution in [2.24, 2.45) is 0 Å². The molecule has 1 atom stereocenters. The summed E-state index contributed by atoms with van der Waals surface area (Å²) in [6.07, 6.45) is 28.7. The van der Waals surface area contributed by atoms with Crippen LogP contribution >= 0.6 is 0 Å². The van der Waals surface area contributed by atoms with Crippen molar-refractivity contribution in [1.29, 1.82) is 0 Å². The Morgan fingerprint density at radius 1 is 0.443 bits per heavy atom. The van der Waals surface area contributed by atoms with Crippen LogP contribution in [0.1, 0.15) is 253 Å². The topological polar surface area (TPSA) is 133 Å². The Labute approximate surface area is 515 Å². The van der Waals surface area contributed by atoms with Crippen LogP contribution in [0.3, 0.4) is 0 Å². The summed E-state index contributed by atoms with van der Waals surface area (Å²) >= 11 is 4.77. The van der Waals surface area contributed by atoms with Crippen LogP contribution < -0.4 is 0 Å². The van der Waals surface area contributed by atoms with E-state index in [9.17, 15) is 14.4 Å². The van der Waals surface area contributed by atoms with Crippen molar-refractivity contribution in [2.45, 2.75) is 278 Å². The molecule has 0 aliphatic rings. The van der Waals surface area contributed by atoms with Gasteiger partial charge in [-0.05, 0) is 104 Å². The fourth-order valence-corrected chi connectivity index (χ4v) is 7.54. The van der Waals surface area contributed by atoms with E-state index in [-0.39, 0.29) is 95.4 Å². The minimum Gasteiger partial charge on any atom is -0.792 e. The smallest absolute Gasteiger partial charge is 0.305 e. The minimum atomic E-state index is -0.423. The SMILES string of the molecule is CCCCC#CCCOC(CCCCC(=O)OCC(COC(=O)CCCCC(OCCC#CCCCC)OCCC#CCCCC)[N-]CCCN(C)C)OCCC#CCCCC.CCCCCCC(CCC)OC(=O)CC[S-].[Y]. The van der Waals surface area contributed by atoms with Gasteiger partial charge in [-0.2, -0.15) is 5.75 Å². The molecule has 0 aromatic rings. The molecular weight excluding hydrogens is 1090 g/mol. The molecule has 0 fully saturated rings. The maximum atomic E-state index is 12.8. The van der Waals surface area contributed by atoms with Gasteiger partial charge in [-0.1, -0.05) is 105 Å². The average Bonchev–Trinajstić information content (AvgIpc) is 3.42. The first-order valence-electron chi connectivity index (χ1n) is 30.8. The third-order valence-corrected chi connectivity index (χ3v) is 12.2. The monoisotopic (exact) mass is 1200 g/mol. The van der Waals surface area contributed by atoms with Gasteiger partial charge in [-0.3, -0.25) is 14.4 Å². The number of hydrogen-bond donors (Lipinski definition) is 0. The van der Waals surface area contributed by atoms with E-state index in [4.69, 9.17) is 51.1 Å². The maximum absolute atomic E-state index is 12.8. The van der Waals surface area contributed by atoms with Gasteiger partial charge in [-0.25, -0.2) is 0 Å². The summed E-state index contributed by atoms with van der Waals surface area (Å²) in [7, 11) is 4.04. The van der Waals surface area contributed by atoms with E-state index in [1.807, 2.05) is 14.1 Å². The quantitative estimate of drug-likeness (QED) is 0.0143. The Morgan fingerprint density at radius 2 is 0.835 bits per heavy atom. The van der Waals surface area contributed by atoms with Crippen LogP contribution in [-0.4, -0.2) is 120 Å². The minimum absolute atomic E-state index is 0. The van der Waals surface area contributed by atoms with Gasteiger partial charge in [-0.15, -0.1) is 53.9 Å². The summed E-state index contributed by atoms with van der Waals surface area (Å²) in [5.41, 5.74) is 0. The van der Waals surface area contributed by atoms with E-state index in [0.29, 0.717) is 96.5 Å². The number of hydrogen-bond acceptors (Lipinski definition) is 12. The molecule has 0 aromatic heterocycles. The molecule has 79 heavy (non-hydrogen) atoms. The van der Waals surface area contributed by atoms with Crippen molar-refractivity contribution in [1.82, 2.24) is 4.90 Å². The maximum Gasteiger partial charge on any atom is 0.305 e. The molecule has 0 aromatic carbocycles. The van der Waals surface area contributed by atoms with Crippen molar-refractivity contribution in [3.05, 3.63) is 5.32 Å². The van der Waals surface area contributed by atoms with Gasteiger partial charge in [0.25, 0.3) is 0 Å². The molecule has 0 rings (SSSR count). The van der Waals surface area contributed by atoms with Crippen molar-refractivity contribution in [3.8, 4) is 47.4 Å². The normalized spacial score (nSPS) is 11.0. The van der Waals surface area contributed by atoms with Crippen LogP contribution in [-0.2, 0) is 92.9 Å². The Bertz CT molecular complexity index is 1490. The summed E-state index contributed by atoms with van der Waals surface area (Å²) in [5.74, 6) is 25.3. The van der Waals surface area contributed by atoms with Gasteiger partial charge in [0, 0.05) is 103 Å². The molecule has 0 aliphatic heterocycles. The van der Waals surface area contributed by atoms with Gasteiger partial charge >= 0.3 is 17.9 Å². The van der Waals surface area contributed by atoms with Gasteiger partial charge in [0.05, 0.1) is 39.6 Å². The van der Waals surface area contributed by atoms with E-state index in [1.54, 1.807) is 0 Å². The summed E-state index contributed by atoms with van der Waals surface area (Å²) in [6, 6.07) is -0.423. The van der Waals surface area contributed by atoms with Gasteiger partial charge < -0.3 is 56.0 Å². The van der Waals surface area contributed by atoms with Crippen molar-refractivity contribution < 1.29 is 80.3 Å². The molecule has 0 N–H and O–H groups in total. The summed E-state index contributed by atoms with van der Waals surface area (Å²) in [6.45, 7) is 16.6. The largest absolute Gasteiger partial charge is 0.792 e. The predicted octanol–water partition coefficient (Wildman–Crippen LogP) is 14.5. The number of esters is 3. The summed E-state index contributed by atoms with van der Waals surface area (Å²) in [5, 5.41) is 4.72. The van der Waals surface area contributed by atoms with Crippen LogP contribution in [0.2, 0.25) is 0 Å². The molecule has 0 amide bonds. The third kappa shape index (κ3) is 63.3. The zero-order valence-corrected chi connectivity index (χ0v) is 55.1. The van der Waals surface area contributed by atoms with Crippen molar-refractivity contribution in [2.75, 3.05) is 72.6 Å². The van der Waals surface area contributed by atoms with Crippen LogP contribution in [0.5, 0.6) is 0 Å². The van der Waals surface area contributed by atoms with Crippen molar-refractivity contribution >= 4 is 30.5 Å². The fourth-order valence-electron chi connectivity index (χ4n) is 7.37. The summed E-state index contributed by atoms with van der Waals surface area (Å²) < 4.78 is 40.8. The van der Waals surface area contributed by atoms with E-state index in [0.717, 1.165) is 122 Å². The Hall–Kier alpha value is -2.14. The molecule has 0 saturated heterocycles. The van der Waals surface area contributed by atoms with Crippen LogP contribution in [0.25, 0.3) is 5.32 Å². The Morgan fingerprint density at radius 3 is 1.20 bits per heavy atom. The number of ether oxygens (including phenoxy) is 7. The molecule has 453 valence electrons. The molecule has 12 nitrogen and oxygen atoms in total. The molecule has 1 radical (unpaired) electrons. The molecule has 0 bridgehead atoms.